The summed E-state index contributed by atoms with van der Waals surface area (Å²) in [7, 11) is 0. The number of nitrogens with zero attached hydrogens (tertiary/aromatic N) is 5. The maximum atomic E-state index is 13.3. The molecule has 31 heavy (non-hydrogen) atoms. The number of rotatable bonds is 4. The summed E-state index contributed by atoms with van der Waals surface area (Å²) < 4.78 is 1.74. The van der Waals surface area contributed by atoms with E-state index >= 15 is 0 Å². The summed E-state index contributed by atoms with van der Waals surface area (Å²) >= 11 is 0. The molecule has 0 fully saturated rings. The van der Waals surface area contributed by atoms with E-state index < -0.39 is 12.0 Å². The molecule has 4 aromatic rings. The van der Waals surface area contributed by atoms with Crippen molar-refractivity contribution in [3.8, 4) is 11.4 Å². The third kappa shape index (κ3) is 3.55. The zero-order valence-corrected chi connectivity index (χ0v) is 16.5. The molecule has 4 heterocycles. The Bertz CT molecular complexity index is 1220. The first-order valence-electron chi connectivity index (χ1n) is 9.79. The largest absolute Gasteiger partial charge is 0.328 e. The Hall–Kier alpha value is -4.33. The van der Waals surface area contributed by atoms with Crippen LogP contribution >= 0.6 is 0 Å². The van der Waals surface area contributed by atoms with Gasteiger partial charge >= 0.3 is 0 Å². The topological polar surface area (TPSA) is 97.6 Å². The highest BCUT2D eigenvalue weighted by molar-refractivity contribution is 5.95. The second-order valence-electron chi connectivity index (χ2n) is 7.16. The van der Waals surface area contributed by atoms with Crippen LogP contribution in [0, 0.1) is 5.92 Å². The summed E-state index contributed by atoms with van der Waals surface area (Å²) in [6, 6.07) is 16.6. The van der Waals surface area contributed by atoms with Gasteiger partial charge in [-0.25, -0.2) is 4.68 Å². The lowest BCUT2D eigenvalue weighted by Crippen LogP contribution is -2.39. The monoisotopic (exact) mass is 409 g/mol. The molecule has 1 aliphatic rings. The predicted molar refractivity (Wildman–Crippen MR) is 117 cm³/mol. The lowest BCUT2D eigenvalue weighted by molar-refractivity contribution is -0.119. The van der Waals surface area contributed by atoms with Gasteiger partial charge in [-0.2, -0.15) is 4.98 Å². The van der Waals surface area contributed by atoms with Gasteiger partial charge < -0.3 is 10.6 Å². The molecule has 2 unspecified atom stereocenters. The van der Waals surface area contributed by atoms with Crippen molar-refractivity contribution in [1.82, 2.24) is 24.7 Å². The number of anilines is 2. The molecular formula is C23H19N7O. The Morgan fingerprint density at radius 3 is 2.48 bits per heavy atom. The lowest BCUT2D eigenvalue weighted by Gasteiger charge is -2.33. The predicted octanol–water partition coefficient (Wildman–Crippen LogP) is 3.52. The first-order valence-corrected chi connectivity index (χ1v) is 9.79. The molecule has 0 bridgehead atoms. The van der Waals surface area contributed by atoms with Crippen molar-refractivity contribution in [3.05, 3.63) is 97.2 Å². The second kappa shape index (κ2) is 7.83. The quantitative estimate of drug-likeness (QED) is 0.535. The van der Waals surface area contributed by atoms with E-state index in [1.165, 1.54) is 0 Å². The van der Waals surface area contributed by atoms with Gasteiger partial charge in [-0.1, -0.05) is 43.0 Å². The van der Waals surface area contributed by atoms with Gasteiger partial charge in [0.2, 0.25) is 11.9 Å². The van der Waals surface area contributed by atoms with E-state index in [0.717, 1.165) is 11.1 Å². The number of amides is 1. The Balaban J connectivity index is 1.58. The number of fused-ring (bicyclic) bond motifs is 1. The van der Waals surface area contributed by atoms with Crippen LogP contribution in [0.15, 0.2) is 91.7 Å². The molecule has 0 radical (unpaired) electrons. The van der Waals surface area contributed by atoms with Gasteiger partial charge in [0.05, 0.1) is 17.9 Å². The molecule has 8 nitrogen and oxygen atoms in total. The van der Waals surface area contributed by atoms with Crippen molar-refractivity contribution >= 4 is 17.5 Å². The van der Waals surface area contributed by atoms with Crippen molar-refractivity contribution in [2.45, 2.75) is 6.04 Å². The Morgan fingerprint density at radius 2 is 1.77 bits per heavy atom. The van der Waals surface area contributed by atoms with Crippen molar-refractivity contribution in [3.63, 3.8) is 0 Å². The van der Waals surface area contributed by atoms with E-state index in [0.29, 0.717) is 23.2 Å². The minimum Gasteiger partial charge on any atom is -0.328 e. The first kappa shape index (κ1) is 18.7. The van der Waals surface area contributed by atoms with E-state index in [4.69, 9.17) is 5.10 Å². The zero-order chi connectivity index (χ0) is 21.2. The molecule has 1 amide bonds. The fraction of sp³-hybridized carbons (Fsp3) is 0.0870. The van der Waals surface area contributed by atoms with Crippen LogP contribution in [0.1, 0.15) is 11.6 Å². The maximum Gasteiger partial charge on any atom is 0.236 e. The average molecular weight is 409 g/mol. The van der Waals surface area contributed by atoms with E-state index in [9.17, 15) is 4.79 Å². The summed E-state index contributed by atoms with van der Waals surface area (Å²) in [6.45, 7) is 4.13. The average Bonchev–Trinajstić information content (AvgIpc) is 3.23. The summed E-state index contributed by atoms with van der Waals surface area (Å²) in [5.74, 6) is 0.241. The Kier molecular flexibility index (Phi) is 4.72. The Labute approximate surface area is 178 Å². The molecule has 3 aromatic heterocycles. The standard InChI is InChI=1S/C23H19N7O/c1-15-19(22(31)27-18-10-6-12-25-14-18)20(17-9-5-11-24-13-17)30-23(26-15)28-21(29-30)16-7-3-2-4-8-16/h2-14,19-20H,1H2,(H,27,31)(H,26,28,29). The molecular weight excluding hydrogens is 390 g/mol. The smallest absolute Gasteiger partial charge is 0.236 e. The molecule has 1 aliphatic heterocycles. The third-order valence-corrected chi connectivity index (χ3v) is 5.13. The van der Waals surface area contributed by atoms with Crippen LogP contribution in [0.3, 0.4) is 0 Å². The summed E-state index contributed by atoms with van der Waals surface area (Å²) in [5.41, 5.74) is 2.87. The highest BCUT2D eigenvalue weighted by Gasteiger charge is 2.40. The highest BCUT2D eigenvalue weighted by atomic mass is 16.2. The summed E-state index contributed by atoms with van der Waals surface area (Å²) in [6.07, 6.45) is 6.69. The minimum atomic E-state index is -0.637. The van der Waals surface area contributed by atoms with Crippen LogP contribution in [-0.4, -0.2) is 30.6 Å². The minimum absolute atomic E-state index is 0.221. The van der Waals surface area contributed by atoms with Crippen LogP contribution in [0.2, 0.25) is 0 Å². The molecule has 0 saturated heterocycles. The normalized spacial score (nSPS) is 17.5. The van der Waals surface area contributed by atoms with Gasteiger partial charge in [0.1, 0.15) is 5.92 Å². The number of hydrogen-bond donors (Lipinski definition) is 2. The molecule has 152 valence electrons. The molecule has 0 spiro atoms. The number of carbonyl (C=O) groups excluding carboxylic acids is 1. The number of benzene rings is 1. The van der Waals surface area contributed by atoms with Gasteiger partial charge in [0.15, 0.2) is 5.82 Å². The number of carbonyl (C=O) groups is 1. The van der Waals surface area contributed by atoms with Gasteiger partial charge in [0, 0.05) is 29.9 Å². The molecule has 0 saturated carbocycles. The third-order valence-electron chi connectivity index (χ3n) is 5.13. The maximum absolute atomic E-state index is 13.3. The van der Waals surface area contributed by atoms with Crippen LogP contribution < -0.4 is 10.6 Å². The van der Waals surface area contributed by atoms with Gasteiger partial charge in [-0.15, -0.1) is 5.10 Å². The number of nitrogens with one attached hydrogen (secondary N) is 2. The van der Waals surface area contributed by atoms with E-state index in [1.54, 1.807) is 41.6 Å². The number of hydrogen-bond acceptors (Lipinski definition) is 6. The second-order valence-corrected chi connectivity index (χ2v) is 7.16. The van der Waals surface area contributed by atoms with E-state index in [1.807, 2.05) is 42.5 Å². The molecule has 5 rings (SSSR count). The summed E-state index contributed by atoms with van der Waals surface area (Å²) in [5, 5.41) is 10.8. The number of pyridine rings is 2. The summed E-state index contributed by atoms with van der Waals surface area (Å²) in [4.78, 5) is 26.3. The lowest BCUT2D eigenvalue weighted by atomic mass is 9.89. The van der Waals surface area contributed by atoms with Gasteiger partial charge in [0.25, 0.3) is 0 Å². The van der Waals surface area contributed by atoms with Gasteiger partial charge in [-0.3, -0.25) is 14.8 Å². The van der Waals surface area contributed by atoms with Crippen LogP contribution in [0.5, 0.6) is 0 Å². The molecule has 2 atom stereocenters. The zero-order valence-electron chi connectivity index (χ0n) is 16.5. The van der Waals surface area contributed by atoms with Crippen molar-refractivity contribution < 1.29 is 4.79 Å². The van der Waals surface area contributed by atoms with E-state index in [2.05, 4.69) is 32.2 Å². The molecule has 8 heteroatoms. The van der Waals surface area contributed by atoms with Crippen molar-refractivity contribution in [2.24, 2.45) is 5.92 Å². The molecule has 0 aliphatic carbocycles. The van der Waals surface area contributed by atoms with E-state index in [-0.39, 0.29) is 5.91 Å². The van der Waals surface area contributed by atoms with Crippen LogP contribution in [-0.2, 0) is 4.79 Å². The SMILES string of the molecule is C=C1Nc2nc(-c3ccccc3)nn2C(c2cccnc2)C1C(=O)Nc1cccnc1. The van der Waals surface area contributed by atoms with Crippen molar-refractivity contribution in [1.29, 1.82) is 0 Å². The fourth-order valence-electron chi connectivity index (χ4n) is 3.71. The highest BCUT2D eigenvalue weighted by Crippen LogP contribution is 2.38. The Morgan fingerprint density at radius 1 is 1.00 bits per heavy atom. The fourth-order valence-corrected chi connectivity index (χ4v) is 3.71. The molecule has 1 aromatic carbocycles. The van der Waals surface area contributed by atoms with Gasteiger partial charge in [-0.05, 0) is 23.8 Å². The number of aromatic nitrogens is 5. The molecule has 2 N–H and O–H groups in total. The van der Waals surface area contributed by atoms with Crippen LogP contribution in [0.4, 0.5) is 11.6 Å². The first-order chi connectivity index (χ1) is 15.2. The van der Waals surface area contributed by atoms with Crippen LogP contribution in [0.25, 0.3) is 11.4 Å². The van der Waals surface area contributed by atoms with Crippen molar-refractivity contribution in [2.75, 3.05) is 10.6 Å².